The maximum Gasteiger partial charge on any atom is 0.0802 e. The van der Waals surface area contributed by atoms with Gasteiger partial charge in [-0.1, -0.05) is 48.0 Å². The summed E-state index contributed by atoms with van der Waals surface area (Å²) < 4.78 is 0. The zero-order valence-corrected chi connectivity index (χ0v) is 13.9. The van der Waals surface area contributed by atoms with Gasteiger partial charge in [-0.25, -0.2) is 0 Å². The molecule has 3 rings (SSSR count). The van der Waals surface area contributed by atoms with E-state index in [0.717, 1.165) is 44.7 Å². The van der Waals surface area contributed by atoms with Gasteiger partial charge in [0.25, 0.3) is 0 Å². The molecule has 23 heavy (non-hydrogen) atoms. The van der Waals surface area contributed by atoms with Gasteiger partial charge < -0.3 is 10.0 Å². The SMILES string of the molecule is Cc1ccc(N2CCN(CCC(O)c3ccccc3)CC2)cc1. The molecule has 1 fully saturated rings. The molecule has 1 atom stereocenters. The maximum absolute atomic E-state index is 10.3. The molecule has 0 spiro atoms. The zero-order chi connectivity index (χ0) is 16.1. The molecule has 0 bridgehead atoms. The van der Waals surface area contributed by atoms with Gasteiger partial charge in [-0.15, -0.1) is 0 Å². The van der Waals surface area contributed by atoms with Gasteiger partial charge in [-0.3, -0.25) is 4.90 Å². The van der Waals surface area contributed by atoms with E-state index in [1.807, 2.05) is 30.3 Å². The molecule has 2 aromatic rings. The summed E-state index contributed by atoms with van der Waals surface area (Å²) in [6.45, 7) is 7.33. The maximum atomic E-state index is 10.3. The molecule has 1 N–H and O–H groups in total. The summed E-state index contributed by atoms with van der Waals surface area (Å²) >= 11 is 0. The lowest BCUT2D eigenvalue weighted by Crippen LogP contribution is -2.46. The van der Waals surface area contributed by atoms with Gasteiger partial charge >= 0.3 is 0 Å². The normalized spacial score (nSPS) is 17.2. The zero-order valence-electron chi connectivity index (χ0n) is 13.9. The predicted octanol–water partition coefficient (Wildman–Crippen LogP) is 3.24. The van der Waals surface area contributed by atoms with Crippen LogP contribution >= 0.6 is 0 Å². The summed E-state index contributed by atoms with van der Waals surface area (Å²) in [7, 11) is 0. The second kappa shape index (κ2) is 7.62. The van der Waals surface area contributed by atoms with Crippen molar-refractivity contribution in [3.63, 3.8) is 0 Å². The van der Waals surface area contributed by atoms with Gasteiger partial charge in [0.05, 0.1) is 6.10 Å². The lowest BCUT2D eigenvalue weighted by atomic mass is 10.1. The van der Waals surface area contributed by atoms with Gasteiger partial charge in [-0.05, 0) is 31.0 Å². The van der Waals surface area contributed by atoms with Crippen molar-refractivity contribution < 1.29 is 5.11 Å². The molecular weight excluding hydrogens is 284 g/mol. The van der Waals surface area contributed by atoms with Crippen molar-refractivity contribution in [3.05, 3.63) is 65.7 Å². The molecule has 1 aliphatic heterocycles. The van der Waals surface area contributed by atoms with Crippen LogP contribution in [0.3, 0.4) is 0 Å². The fourth-order valence-electron chi connectivity index (χ4n) is 3.13. The number of aryl methyl sites for hydroxylation is 1. The van der Waals surface area contributed by atoms with Crippen molar-refractivity contribution in [2.24, 2.45) is 0 Å². The average Bonchev–Trinajstić information content (AvgIpc) is 2.61. The van der Waals surface area contributed by atoms with Crippen LogP contribution in [-0.4, -0.2) is 42.7 Å². The lowest BCUT2D eigenvalue weighted by molar-refractivity contribution is 0.139. The Labute approximate surface area is 139 Å². The Morgan fingerprint density at radius 2 is 1.57 bits per heavy atom. The van der Waals surface area contributed by atoms with Crippen LogP contribution in [0.4, 0.5) is 5.69 Å². The molecule has 0 aromatic heterocycles. The molecular formula is C20H26N2O. The lowest BCUT2D eigenvalue weighted by Gasteiger charge is -2.36. The van der Waals surface area contributed by atoms with E-state index in [4.69, 9.17) is 0 Å². The van der Waals surface area contributed by atoms with Crippen molar-refractivity contribution in [2.45, 2.75) is 19.4 Å². The van der Waals surface area contributed by atoms with E-state index in [2.05, 4.69) is 41.0 Å². The van der Waals surface area contributed by atoms with Crippen molar-refractivity contribution in [3.8, 4) is 0 Å². The van der Waals surface area contributed by atoms with Gasteiger partial charge in [-0.2, -0.15) is 0 Å². The molecule has 0 amide bonds. The van der Waals surface area contributed by atoms with Gasteiger partial charge in [0, 0.05) is 38.4 Å². The minimum atomic E-state index is -0.355. The minimum Gasteiger partial charge on any atom is -0.388 e. The second-order valence-corrected chi connectivity index (χ2v) is 6.38. The third kappa shape index (κ3) is 4.34. The molecule has 0 saturated carbocycles. The first kappa shape index (κ1) is 16.0. The van der Waals surface area contributed by atoms with E-state index >= 15 is 0 Å². The highest BCUT2D eigenvalue weighted by Crippen LogP contribution is 2.19. The van der Waals surface area contributed by atoms with Crippen LogP contribution in [0.15, 0.2) is 54.6 Å². The molecule has 0 radical (unpaired) electrons. The smallest absolute Gasteiger partial charge is 0.0802 e. The van der Waals surface area contributed by atoms with Crippen LogP contribution in [0.5, 0.6) is 0 Å². The Bertz CT molecular complexity index is 589. The van der Waals surface area contributed by atoms with E-state index in [0.29, 0.717) is 0 Å². The molecule has 1 unspecified atom stereocenters. The van der Waals surface area contributed by atoms with E-state index in [1.54, 1.807) is 0 Å². The van der Waals surface area contributed by atoms with E-state index < -0.39 is 0 Å². The monoisotopic (exact) mass is 310 g/mol. The summed E-state index contributed by atoms with van der Waals surface area (Å²) in [5.74, 6) is 0. The van der Waals surface area contributed by atoms with Crippen LogP contribution < -0.4 is 4.90 Å². The number of aliphatic hydroxyl groups excluding tert-OH is 1. The topological polar surface area (TPSA) is 26.7 Å². The standard InChI is InChI=1S/C20H26N2O/c1-17-7-9-19(10-8-17)22-15-13-21(14-16-22)12-11-20(23)18-5-3-2-4-6-18/h2-10,20,23H,11-16H2,1H3. The summed E-state index contributed by atoms with van der Waals surface area (Å²) in [6.07, 6.45) is 0.445. The van der Waals surface area contributed by atoms with Crippen LogP contribution in [0.2, 0.25) is 0 Å². The average molecular weight is 310 g/mol. The third-order valence-electron chi connectivity index (χ3n) is 4.67. The number of piperazine rings is 1. The first-order valence-corrected chi connectivity index (χ1v) is 8.49. The number of aliphatic hydroxyl groups is 1. The molecule has 1 saturated heterocycles. The number of anilines is 1. The molecule has 3 nitrogen and oxygen atoms in total. The predicted molar refractivity (Wildman–Crippen MR) is 95.9 cm³/mol. The fraction of sp³-hybridized carbons (Fsp3) is 0.400. The van der Waals surface area contributed by atoms with Crippen LogP contribution in [0.25, 0.3) is 0 Å². The molecule has 1 heterocycles. The fourth-order valence-corrected chi connectivity index (χ4v) is 3.13. The van der Waals surface area contributed by atoms with E-state index in [-0.39, 0.29) is 6.10 Å². The van der Waals surface area contributed by atoms with Crippen LogP contribution in [0.1, 0.15) is 23.7 Å². The Balaban J connectivity index is 1.45. The van der Waals surface area contributed by atoms with E-state index in [9.17, 15) is 5.11 Å². The quantitative estimate of drug-likeness (QED) is 0.918. The molecule has 3 heteroatoms. The van der Waals surface area contributed by atoms with Crippen molar-refractivity contribution >= 4 is 5.69 Å². The summed E-state index contributed by atoms with van der Waals surface area (Å²) in [4.78, 5) is 4.90. The Kier molecular flexibility index (Phi) is 5.31. The van der Waals surface area contributed by atoms with Crippen LogP contribution in [-0.2, 0) is 0 Å². The number of hydrogen-bond acceptors (Lipinski definition) is 3. The summed E-state index contributed by atoms with van der Waals surface area (Å²) in [5, 5.41) is 10.3. The Morgan fingerprint density at radius 1 is 0.913 bits per heavy atom. The van der Waals surface area contributed by atoms with Gasteiger partial charge in [0.15, 0.2) is 0 Å². The Hall–Kier alpha value is -1.84. The van der Waals surface area contributed by atoms with Crippen molar-refractivity contribution in [1.29, 1.82) is 0 Å². The van der Waals surface area contributed by atoms with Crippen molar-refractivity contribution in [2.75, 3.05) is 37.6 Å². The number of benzene rings is 2. The first-order chi connectivity index (χ1) is 11.2. The van der Waals surface area contributed by atoms with Crippen molar-refractivity contribution in [1.82, 2.24) is 4.90 Å². The molecule has 1 aliphatic rings. The summed E-state index contributed by atoms with van der Waals surface area (Å²) in [6, 6.07) is 18.7. The Morgan fingerprint density at radius 3 is 2.22 bits per heavy atom. The highest BCUT2D eigenvalue weighted by Gasteiger charge is 2.18. The largest absolute Gasteiger partial charge is 0.388 e. The second-order valence-electron chi connectivity index (χ2n) is 6.38. The number of nitrogens with zero attached hydrogens (tertiary/aromatic N) is 2. The number of rotatable bonds is 5. The number of hydrogen-bond donors (Lipinski definition) is 1. The molecule has 2 aromatic carbocycles. The highest BCUT2D eigenvalue weighted by atomic mass is 16.3. The van der Waals surface area contributed by atoms with E-state index in [1.165, 1.54) is 11.3 Å². The highest BCUT2D eigenvalue weighted by molar-refractivity contribution is 5.47. The van der Waals surface area contributed by atoms with Gasteiger partial charge in [0.1, 0.15) is 0 Å². The molecule has 0 aliphatic carbocycles. The first-order valence-electron chi connectivity index (χ1n) is 8.49. The van der Waals surface area contributed by atoms with Gasteiger partial charge in [0.2, 0.25) is 0 Å². The molecule has 122 valence electrons. The minimum absolute atomic E-state index is 0.355. The van der Waals surface area contributed by atoms with Crippen LogP contribution in [0, 0.1) is 6.92 Å². The third-order valence-corrected chi connectivity index (χ3v) is 4.67. The summed E-state index contributed by atoms with van der Waals surface area (Å²) in [5.41, 5.74) is 3.65.